The molecule has 2 rings (SSSR count). The summed E-state index contributed by atoms with van der Waals surface area (Å²) in [6, 6.07) is 7.42. The quantitative estimate of drug-likeness (QED) is 0.812. The molecule has 6 nitrogen and oxygen atoms in total. The standard InChI is InChI=1S/C11H12N4O2S/c12-10(16)7-17-9-3-1-8(2-4-9)5-13-11-6-14-15-18-11/h1-4,6,13H,5,7H2,(H2,12,16). The van der Waals surface area contributed by atoms with E-state index in [0.717, 1.165) is 10.6 Å². The van der Waals surface area contributed by atoms with Gasteiger partial charge in [0.15, 0.2) is 6.61 Å². The Kier molecular flexibility index (Phi) is 4.08. The fourth-order valence-corrected chi connectivity index (χ4v) is 1.71. The highest BCUT2D eigenvalue weighted by Gasteiger charge is 1.99. The summed E-state index contributed by atoms with van der Waals surface area (Å²) in [5.41, 5.74) is 6.08. The fraction of sp³-hybridized carbons (Fsp3) is 0.182. The topological polar surface area (TPSA) is 90.1 Å². The van der Waals surface area contributed by atoms with Gasteiger partial charge in [-0.3, -0.25) is 4.79 Å². The lowest BCUT2D eigenvalue weighted by Gasteiger charge is -2.06. The van der Waals surface area contributed by atoms with Crippen LogP contribution in [0.2, 0.25) is 0 Å². The number of aromatic nitrogens is 2. The Labute approximate surface area is 108 Å². The molecule has 2 aromatic rings. The number of nitrogens with one attached hydrogen (secondary N) is 1. The average Bonchev–Trinajstić information content (AvgIpc) is 2.88. The number of carbonyl (C=O) groups excluding carboxylic acids is 1. The van der Waals surface area contributed by atoms with E-state index in [1.54, 1.807) is 18.3 Å². The van der Waals surface area contributed by atoms with Gasteiger partial charge >= 0.3 is 0 Å². The number of nitrogens with two attached hydrogens (primary N) is 1. The highest BCUT2D eigenvalue weighted by atomic mass is 32.1. The van der Waals surface area contributed by atoms with Crippen molar-refractivity contribution in [2.75, 3.05) is 11.9 Å². The molecule has 1 aromatic heterocycles. The Morgan fingerprint density at radius 1 is 1.39 bits per heavy atom. The molecule has 94 valence electrons. The number of primary amides is 1. The van der Waals surface area contributed by atoms with Gasteiger partial charge in [0.1, 0.15) is 10.8 Å². The number of hydrogen-bond donors (Lipinski definition) is 2. The van der Waals surface area contributed by atoms with E-state index >= 15 is 0 Å². The van der Waals surface area contributed by atoms with Crippen molar-refractivity contribution >= 4 is 22.4 Å². The van der Waals surface area contributed by atoms with E-state index in [1.807, 2.05) is 12.1 Å². The maximum Gasteiger partial charge on any atom is 0.255 e. The fourth-order valence-electron chi connectivity index (χ4n) is 1.29. The number of rotatable bonds is 6. The summed E-state index contributed by atoms with van der Waals surface area (Å²) in [6.45, 7) is 0.574. The maximum atomic E-state index is 10.5. The molecule has 0 spiro atoms. The van der Waals surface area contributed by atoms with Crippen LogP contribution < -0.4 is 15.8 Å². The van der Waals surface area contributed by atoms with E-state index in [4.69, 9.17) is 10.5 Å². The minimum Gasteiger partial charge on any atom is -0.484 e. The van der Waals surface area contributed by atoms with Crippen LogP contribution in [0, 0.1) is 0 Å². The maximum absolute atomic E-state index is 10.5. The molecule has 0 saturated heterocycles. The van der Waals surface area contributed by atoms with Gasteiger partial charge in [0.25, 0.3) is 5.91 Å². The summed E-state index contributed by atoms with van der Waals surface area (Å²) < 4.78 is 8.91. The first kappa shape index (κ1) is 12.3. The second kappa shape index (κ2) is 5.97. The Morgan fingerprint density at radius 2 is 2.17 bits per heavy atom. The predicted octanol–water partition coefficient (Wildman–Crippen LogP) is 1.01. The molecular weight excluding hydrogens is 252 g/mol. The van der Waals surface area contributed by atoms with Gasteiger partial charge in [-0.1, -0.05) is 16.6 Å². The second-order valence-corrected chi connectivity index (χ2v) is 4.32. The summed E-state index contributed by atoms with van der Waals surface area (Å²) in [4.78, 5) is 10.5. The van der Waals surface area contributed by atoms with Crippen molar-refractivity contribution in [1.82, 2.24) is 9.59 Å². The molecule has 1 amide bonds. The average molecular weight is 264 g/mol. The Balaban J connectivity index is 1.85. The number of nitrogens with zero attached hydrogens (tertiary/aromatic N) is 2. The van der Waals surface area contributed by atoms with Crippen molar-refractivity contribution in [2.45, 2.75) is 6.54 Å². The van der Waals surface area contributed by atoms with Crippen molar-refractivity contribution in [3.63, 3.8) is 0 Å². The molecule has 18 heavy (non-hydrogen) atoms. The highest BCUT2D eigenvalue weighted by molar-refractivity contribution is 7.09. The SMILES string of the molecule is NC(=O)COc1ccc(CNc2cnns2)cc1. The van der Waals surface area contributed by atoms with Crippen molar-refractivity contribution in [3.8, 4) is 5.75 Å². The van der Waals surface area contributed by atoms with Crippen LogP contribution in [-0.4, -0.2) is 22.1 Å². The number of ether oxygens (including phenoxy) is 1. The monoisotopic (exact) mass is 264 g/mol. The summed E-state index contributed by atoms with van der Waals surface area (Å²) in [7, 11) is 0. The minimum absolute atomic E-state index is 0.107. The van der Waals surface area contributed by atoms with Crippen LogP contribution in [0.15, 0.2) is 30.5 Å². The van der Waals surface area contributed by atoms with Gasteiger partial charge in [-0.05, 0) is 17.7 Å². The van der Waals surface area contributed by atoms with Gasteiger partial charge in [-0.15, -0.1) is 5.10 Å². The number of hydrogen-bond acceptors (Lipinski definition) is 6. The van der Waals surface area contributed by atoms with E-state index < -0.39 is 5.91 Å². The molecule has 3 N–H and O–H groups in total. The highest BCUT2D eigenvalue weighted by Crippen LogP contribution is 2.15. The lowest BCUT2D eigenvalue weighted by atomic mass is 10.2. The van der Waals surface area contributed by atoms with Gasteiger partial charge in [0, 0.05) is 18.1 Å². The molecule has 0 fully saturated rings. The summed E-state index contributed by atoms with van der Waals surface area (Å²) in [6.07, 6.45) is 1.68. The molecule has 0 aliphatic heterocycles. The zero-order chi connectivity index (χ0) is 12.8. The van der Waals surface area contributed by atoms with Crippen molar-refractivity contribution in [3.05, 3.63) is 36.0 Å². The first-order valence-corrected chi connectivity index (χ1v) is 6.02. The van der Waals surface area contributed by atoms with Gasteiger partial charge in [0.05, 0.1) is 6.20 Å². The van der Waals surface area contributed by atoms with E-state index in [9.17, 15) is 4.79 Å². The van der Waals surface area contributed by atoms with Crippen LogP contribution in [0.25, 0.3) is 0 Å². The first-order chi connectivity index (χ1) is 8.74. The molecule has 0 aliphatic carbocycles. The Morgan fingerprint density at radius 3 is 2.78 bits per heavy atom. The predicted molar refractivity (Wildman–Crippen MR) is 68.4 cm³/mol. The largest absolute Gasteiger partial charge is 0.484 e. The lowest BCUT2D eigenvalue weighted by molar-refractivity contribution is -0.119. The van der Waals surface area contributed by atoms with Gasteiger partial charge in [-0.2, -0.15) is 0 Å². The molecule has 0 unspecified atom stereocenters. The lowest BCUT2D eigenvalue weighted by Crippen LogP contribution is -2.19. The Hall–Kier alpha value is -2.15. The third-order valence-electron chi connectivity index (χ3n) is 2.13. The molecule has 0 atom stereocenters. The third-order valence-corrected chi connectivity index (χ3v) is 2.75. The molecule has 1 heterocycles. The molecule has 0 radical (unpaired) electrons. The van der Waals surface area contributed by atoms with Crippen LogP contribution in [0.5, 0.6) is 5.75 Å². The third kappa shape index (κ3) is 3.70. The first-order valence-electron chi connectivity index (χ1n) is 5.25. The molecule has 1 aromatic carbocycles. The van der Waals surface area contributed by atoms with E-state index in [-0.39, 0.29) is 6.61 Å². The number of benzene rings is 1. The number of anilines is 1. The smallest absolute Gasteiger partial charge is 0.255 e. The minimum atomic E-state index is -0.488. The summed E-state index contributed by atoms with van der Waals surface area (Å²) in [5.74, 6) is 0.135. The number of carbonyl (C=O) groups is 1. The van der Waals surface area contributed by atoms with Crippen LogP contribution >= 0.6 is 11.5 Å². The molecule has 0 bridgehead atoms. The Bertz CT molecular complexity index is 498. The zero-order valence-corrected chi connectivity index (χ0v) is 10.3. The molecule has 0 aliphatic rings. The summed E-state index contributed by atoms with van der Waals surface area (Å²) >= 11 is 1.31. The summed E-state index contributed by atoms with van der Waals surface area (Å²) in [5, 5.41) is 7.84. The van der Waals surface area contributed by atoms with Crippen molar-refractivity contribution < 1.29 is 9.53 Å². The van der Waals surface area contributed by atoms with Gasteiger partial charge in [-0.25, -0.2) is 0 Å². The van der Waals surface area contributed by atoms with Crippen molar-refractivity contribution in [2.24, 2.45) is 5.73 Å². The van der Waals surface area contributed by atoms with Crippen molar-refractivity contribution in [1.29, 1.82) is 0 Å². The van der Waals surface area contributed by atoms with E-state index in [0.29, 0.717) is 12.3 Å². The number of amides is 1. The normalized spacial score (nSPS) is 10.0. The second-order valence-electron chi connectivity index (χ2n) is 3.53. The van der Waals surface area contributed by atoms with Crippen LogP contribution in [0.3, 0.4) is 0 Å². The van der Waals surface area contributed by atoms with E-state index in [2.05, 4.69) is 14.9 Å². The molecule has 0 saturated carbocycles. The van der Waals surface area contributed by atoms with E-state index in [1.165, 1.54) is 11.5 Å². The van der Waals surface area contributed by atoms with Crippen LogP contribution in [0.1, 0.15) is 5.56 Å². The van der Waals surface area contributed by atoms with Crippen LogP contribution in [-0.2, 0) is 11.3 Å². The zero-order valence-electron chi connectivity index (χ0n) is 9.50. The molecule has 7 heteroatoms. The van der Waals surface area contributed by atoms with Gasteiger partial charge < -0.3 is 15.8 Å². The van der Waals surface area contributed by atoms with Crippen LogP contribution in [0.4, 0.5) is 5.00 Å². The van der Waals surface area contributed by atoms with Gasteiger partial charge in [0.2, 0.25) is 0 Å². The molecular formula is C11H12N4O2S.